The maximum atomic E-state index is 13.4. The summed E-state index contributed by atoms with van der Waals surface area (Å²) in [5.41, 5.74) is 0.523. The number of nitro benzene ring substituents is 1. The number of carbonyl (C=O) groups is 1. The van der Waals surface area contributed by atoms with E-state index < -0.39 is 28.3 Å². The van der Waals surface area contributed by atoms with Crippen molar-refractivity contribution < 1.29 is 38.6 Å². The smallest absolute Gasteiger partial charge is 0.269 e. The van der Waals surface area contributed by atoms with Crippen LogP contribution in [0, 0.1) is 20.4 Å². The Labute approximate surface area is 242 Å². The van der Waals surface area contributed by atoms with Gasteiger partial charge in [0.2, 0.25) is 5.44 Å². The Bertz CT molecular complexity index is 1360. The maximum Gasteiger partial charge on any atom is 0.269 e. The van der Waals surface area contributed by atoms with Gasteiger partial charge in [0.1, 0.15) is 15.9 Å². The molecule has 1 amide bonds. The summed E-state index contributed by atoms with van der Waals surface area (Å²) in [7, 11) is -7.44. The van der Waals surface area contributed by atoms with E-state index in [1.165, 1.54) is 24.3 Å². The van der Waals surface area contributed by atoms with Crippen LogP contribution in [0.5, 0.6) is 0 Å². The topological polar surface area (TPSA) is 162 Å². The lowest BCUT2D eigenvalue weighted by Crippen LogP contribution is -2.58. The average molecular weight is 623 g/mol. The Kier molecular flexibility index (Phi) is 10.8. The van der Waals surface area contributed by atoms with Crippen molar-refractivity contribution in [1.29, 1.82) is 0 Å². The number of nitrogens with zero attached hydrogens (tertiary/aromatic N) is 1. The normalized spacial score (nSPS) is 11.1. The monoisotopic (exact) mass is 621 g/mol. The second-order valence-corrected chi connectivity index (χ2v) is 13.0. The minimum Gasteiger partial charge on any atom is -0.290 e. The zero-order valence-electron chi connectivity index (χ0n) is 20.4. The predicted octanol–water partition coefficient (Wildman–Crippen LogP) is 1.80. The first kappa shape index (κ1) is 31.2. The summed E-state index contributed by atoms with van der Waals surface area (Å²) in [5, 5.41) is 16.9. The average Bonchev–Trinajstić information content (AvgIpc) is 2.93. The number of nitro groups is 1. The molecular weight excluding hydrogens is 602 g/mol. The minimum atomic E-state index is -4.69. The van der Waals surface area contributed by atoms with Crippen molar-refractivity contribution in [2.24, 2.45) is 0 Å². The van der Waals surface area contributed by atoms with Crippen LogP contribution in [0.25, 0.3) is 0 Å². The molecule has 0 saturated heterocycles. The molecule has 0 atom stereocenters. The zero-order valence-corrected chi connectivity index (χ0v) is 23.6. The zero-order chi connectivity index (χ0) is 29.3. The summed E-state index contributed by atoms with van der Waals surface area (Å²) >= 11 is 13.1. The number of hydrogen-bond donors (Lipinski definition) is 2. The summed E-state index contributed by atoms with van der Waals surface area (Å²) in [4.78, 5) is 23.9. The maximum absolute atomic E-state index is 13.4. The van der Waals surface area contributed by atoms with Gasteiger partial charge in [-0.3, -0.25) is 20.2 Å². The molecule has 0 saturated carbocycles. The molecule has 0 aromatic heterocycles. The van der Waals surface area contributed by atoms with Crippen LogP contribution in [-0.2, 0) is 0 Å². The molecule has 0 bridgehead atoms. The second kappa shape index (κ2) is 13.8. The van der Waals surface area contributed by atoms with E-state index in [4.69, 9.17) is 41.8 Å². The molecule has 206 valence electrons. The van der Waals surface area contributed by atoms with Crippen LogP contribution >= 0.6 is 30.5 Å². The second-order valence-electron chi connectivity index (χ2n) is 7.94. The van der Waals surface area contributed by atoms with Crippen LogP contribution in [-0.4, -0.2) is 15.5 Å². The molecule has 2 N–H and O–H groups in total. The number of benzene rings is 4. The van der Waals surface area contributed by atoms with Crippen molar-refractivity contribution in [1.82, 2.24) is 5.32 Å². The molecule has 0 aliphatic heterocycles. The molecule has 9 nitrogen and oxygen atoms in total. The molecule has 0 spiro atoms. The Morgan fingerprint density at radius 1 is 0.725 bits per heavy atom. The molecular formula is C27H21Cl3N2O7P+. The van der Waals surface area contributed by atoms with E-state index >= 15 is 0 Å². The van der Waals surface area contributed by atoms with E-state index in [9.17, 15) is 14.9 Å². The van der Waals surface area contributed by atoms with E-state index in [1.54, 1.807) is 0 Å². The van der Waals surface area contributed by atoms with Gasteiger partial charge in [-0.25, -0.2) is 0 Å². The van der Waals surface area contributed by atoms with Gasteiger partial charge in [-0.05, 0) is 48.5 Å². The third-order valence-electron chi connectivity index (χ3n) is 5.52. The van der Waals surface area contributed by atoms with E-state index in [-0.39, 0.29) is 15.7 Å². The molecule has 0 aliphatic carbocycles. The van der Waals surface area contributed by atoms with Crippen LogP contribution < -0.4 is 35.2 Å². The Morgan fingerprint density at radius 3 is 1.38 bits per heavy atom. The van der Waals surface area contributed by atoms with Crippen LogP contribution in [0.3, 0.4) is 0 Å². The van der Waals surface area contributed by atoms with Crippen molar-refractivity contribution in [3.8, 4) is 0 Å². The van der Waals surface area contributed by atoms with Crippen molar-refractivity contribution in [3.05, 3.63) is 141 Å². The van der Waals surface area contributed by atoms with Gasteiger partial charge in [0, 0.05) is 17.7 Å². The van der Waals surface area contributed by atoms with Crippen molar-refractivity contribution in [2.45, 2.75) is 0 Å². The van der Waals surface area contributed by atoms with Gasteiger partial charge in [-0.2, -0.15) is 14.0 Å². The SMILES string of the molecule is O=C(NC(=C(Cl)Cl)[P+](c1ccccc1)(c1ccccc1)c1ccccc1)c1ccc([N+](=O)[O-])cc1.[O-][Cl+3]([O-])([O-])O. The molecule has 0 heterocycles. The minimum absolute atomic E-state index is 0.0647. The Morgan fingerprint density at radius 2 is 1.07 bits per heavy atom. The first-order valence-electron chi connectivity index (χ1n) is 11.3. The lowest BCUT2D eigenvalue weighted by Gasteiger charge is -2.29. The molecule has 4 aromatic rings. The number of non-ortho nitro benzene ring substituents is 1. The van der Waals surface area contributed by atoms with E-state index in [2.05, 4.69) is 5.32 Å². The number of rotatable bonds is 7. The first-order valence-corrected chi connectivity index (χ1v) is 15.1. The number of amides is 1. The van der Waals surface area contributed by atoms with Crippen molar-refractivity contribution in [2.75, 3.05) is 0 Å². The number of nitrogens with one attached hydrogen (secondary N) is 1. The summed E-state index contributed by atoms with van der Waals surface area (Å²) in [5.74, 6) is -0.471. The molecule has 40 heavy (non-hydrogen) atoms. The van der Waals surface area contributed by atoms with Crippen LogP contribution in [0.15, 0.2) is 125 Å². The van der Waals surface area contributed by atoms with Crippen LogP contribution in [0.4, 0.5) is 5.69 Å². The summed E-state index contributed by atoms with van der Waals surface area (Å²) in [6.45, 7) is 0. The first-order chi connectivity index (χ1) is 18.9. The molecule has 0 unspecified atom stereocenters. The Balaban J connectivity index is 0.000000810. The van der Waals surface area contributed by atoms with Crippen molar-refractivity contribution in [3.63, 3.8) is 0 Å². The van der Waals surface area contributed by atoms with Gasteiger partial charge in [0.25, 0.3) is 11.6 Å². The lowest BCUT2D eigenvalue weighted by molar-refractivity contribution is -1.92. The molecule has 4 aromatic carbocycles. The summed E-state index contributed by atoms with van der Waals surface area (Å²) in [6, 6.07) is 34.8. The van der Waals surface area contributed by atoms with E-state index in [1.807, 2.05) is 91.0 Å². The molecule has 13 heteroatoms. The summed E-state index contributed by atoms with van der Waals surface area (Å²) < 4.78 is 32.7. The number of hydrogen-bond acceptors (Lipinski definition) is 7. The van der Waals surface area contributed by atoms with Gasteiger partial charge in [0.05, 0.1) is 19.8 Å². The van der Waals surface area contributed by atoms with E-state index in [0.29, 0.717) is 5.44 Å². The number of carbonyl (C=O) groups excluding carboxylic acids is 1. The molecule has 0 radical (unpaired) electrons. The fraction of sp³-hybridized carbons (Fsp3) is 0. The quantitative estimate of drug-likeness (QED) is 0.180. The highest BCUT2D eigenvalue weighted by atomic mass is 35.7. The van der Waals surface area contributed by atoms with Gasteiger partial charge >= 0.3 is 0 Å². The van der Waals surface area contributed by atoms with Gasteiger partial charge in [-0.15, -0.1) is 0 Å². The molecule has 4 rings (SSSR count). The summed E-state index contributed by atoms with van der Waals surface area (Å²) in [6.07, 6.45) is 0. The van der Waals surface area contributed by atoms with Crippen LogP contribution in [0.2, 0.25) is 0 Å². The molecule has 0 aliphatic rings. The van der Waals surface area contributed by atoms with E-state index in [0.717, 1.165) is 15.9 Å². The van der Waals surface area contributed by atoms with Crippen molar-refractivity contribution >= 4 is 58.0 Å². The standard InChI is InChI=1S/C27H19Cl2N2O3P.ClHO4/c28-25(29)27(30-26(32)20-16-18-21(19-17-20)31(33)34)35(22-10-4-1-5-11-22,23-12-6-2-7-13-23)24-14-8-3-9-15-24;2-1(3,4)5/h1-19H;(H,2,3,4,5)/p+1. The van der Waals surface area contributed by atoms with Gasteiger partial charge < -0.3 is 0 Å². The third kappa shape index (κ3) is 7.85. The highest BCUT2D eigenvalue weighted by molar-refractivity contribution is 7.99. The van der Waals surface area contributed by atoms with Crippen LogP contribution in [0.1, 0.15) is 10.4 Å². The lowest BCUT2D eigenvalue weighted by atomic mass is 10.2. The Hall–Kier alpha value is -3.37. The highest BCUT2D eigenvalue weighted by Crippen LogP contribution is 2.63. The third-order valence-corrected chi connectivity index (χ3v) is 10.4. The predicted molar refractivity (Wildman–Crippen MR) is 147 cm³/mol. The highest BCUT2D eigenvalue weighted by Gasteiger charge is 2.52. The largest absolute Gasteiger partial charge is 0.290 e. The fourth-order valence-corrected chi connectivity index (χ4v) is 8.87. The molecule has 0 fully saturated rings. The number of halogens is 3. The van der Waals surface area contributed by atoms with Gasteiger partial charge in [0.15, 0.2) is 11.8 Å². The van der Waals surface area contributed by atoms with Gasteiger partial charge in [-0.1, -0.05) is 77.8 Å². The fourth-order valence-electron chi connectivity index (χ4n) is 3.96.